The zero-order valence-electron chi connectivity index (χ0n) is 18.8. The van der Waals surface area contributed by atoms with Crippen molar-refractivity contribution in [1.29, 1.82) is 0 Å². The number of ether oxygens (including phenoxy) is 1. The number of rotatable bonds is 8. The summed E-state index contributed by atoms with van der Waals surface area (Å²) in [5.41, 5.74) is -1.04. The summed E-state index contributed by atoms with van der Waals surface area (Å²) in [5, 5.41) is 17.2. The lowest BCUT2D eigenvalue weighted by atomic mass is 9.60. The van der Waals surface area contributed by atoms with Gasteiger partial charge in [0.15, 0.2) is 12.4 Å². The van der Waals surface area contributed by atoms with Gasteiger partial charge < -0.3 is 20.5 Å². The van der Waals surface area contributed by atoms with E-state index >= 15 is 0 Å². The first-order chi connectivity index (χ1) is 16.6. The molecule has 1 atom stereocenters. The molecule has 35 heavy (non-hydrogen) atoms. The van der Waals surface area contributed by atoms with Crippen LogP contribution in [0.2, 0.25) is 10.0 Å². The molecule has 10 heteroatoms. The number of carbonyl (C=O) groups is 3. The number of hydrogen-bond donors (Lipinski definition) is 3. The Labute approximate surface area is 211 Å². The maximum Gasteiger partial charge on any atom is 0.258 e. The molecule has 7 nitrogen and oxygen atoms in total. The van der Waals surface area contributed by atoms with Crippen molar-refractivity contribution < 1.29 is 28.6 Å². The third-order valence-electron chi connectivity index (χ3n) is 6.86. The van der Waals surface area contributed by atoms with Gasteiger partial charge in [-0.2, -0.15) is 0 Å². The molecule has 2 aromatic rings. The van der Waals surface area contributed by atoms with Crippen LogP contribution in [-0.4, -0.2) is 46.5 Å². The number of halogens is 3. The van der Waals surface area contributed by atoms with Gasteiger partial charge in [-0.1, -0.05) is 23.2 Å². The smallest absolute Gasteiger partial charge is 0.258 e. The van der Waals surface area contributed by atoms with E-state index < -0.39 is 34.8 Å². The summed E-state index contributed by atoms with van der Waals surface area (Å²) in [7, 11) is 0. The van der Waals surface area contributed by atoms with Crippen LogP contribution in [0, 0.1) is 5.82 Å². The summed E-state index contributed by atoms with van der Waals surface area (Å²) in [5.74, 6) is -1.64. The Morgan fingerprint density at radius 1 is 1.00 bits per heavy atom. The van der Waals surface area contributed by atoms with Crippen molar-refractivity contribution in [2.24, 2.45) is 0 Å². The highest BCUT2D eigenvalue weighted by molar-refractivity contribution is 6.31. The molecule has 0 saturated heterocycles. The zero-order valence-corrected chi connectivity index (χ0v) is 20.3. The number of hydrogen-bond acceptors (Lipinski definition) is 5. The molecule has 1 unspecified atom stereocenters. The fraction of sp³-hybridized carbons (Fsp3) is 0.400. The van der Waals surface area contributed by atoms with E-state index in [-0.39, 0.29) is 36.0 Å². The Morgan fingerprint density at radius 3 is 2.31 bits per heavy atom. The van der Waals surface area contributed by atoms with Crippen LogP contribution in [-0.2, 0) is 9.59 Å². The summed E-state index contributed by atoms with van der Waals surface area (Å²) in [4.78, 5) is 37.5. The fourth-order valence-electron chi connectivity index (χ4n) is 4.91. The van der Waals surface area contributed by atoms with Crippen LogP contribution >= 0.6 is 23.2 Å². The Balaban J connectivity index is 1.30. The predicted molar refractivity (Wildman–Crippen MR) is 128 cm³/mol. The first kappa shape index (κ1) is 25.4. The number of amides is 2. The van der Waals surface area contributed by atoms with E-state index in [0.29, 0.717) is 36.3 Å². The van der Waals surface area contributed by atoms with Gasteiger partial charge in [0.25, 0.3) is 5.91 Å². The second-order valence-electron chi connectivity index (χ2n) is 9.22. The largest absolute Gasteiger partial charge is 0.484 e. The highest BCUT2D eigenvalue weighted by Gasteiger charge is 2.55. The lowest BCUT2D eigenvalue weighted by Crippen LogP contribution is -2.70. The number of ketones is 1. The number of fused-ring (bicyclic) bond motifs is 3. The Morgan fingerprint density at radius 2 is 1.69 bits per heavy atom. The van der Waals surface area contributed by atoms with Crippen molar-refractivity contribution in [2.75, 3.05) is 6.61 Å². The van der Waals surface area contributed by atoms with Crippen LogP contribution in [0.1, 0.15) is 48.9 Å². The molecule has 0 aromatic heterocycles. The Hall–Kier alpha value is -2.68. The topological polar surface area (TPSA) is 105 Å². The molecule has 3 aliphatic carbocycles. The molecule has 5 rings (SSSR count). The molecule has 3 saturated carbocycles. The maximum absolute atomic E-state index is 13.5. The minimum absolute atomic E-state index is 0.0434. The normalized spacial score (nSPS) is 25.1. The second kappa shape index (κ2) is 10.1. The summed E-state index contributed by atoms with van der Waals surface area (Å²) >= 11 is 11.5. The van der Waals surface area contributed by atoms with E-state index in [4.69, 9.17) is 27.9 Å². The average Bonchev–Trinajstić information content (AvgIpc) is 2.81. The molecule has 2 bridgehead atoms. The van der Waals surface area contributed by atoms with Crippen molar-refractivity contribution in [3.8, 4) is 5.75 Å². The Bertz CT molecular complexity index is 1130. The molecule has 0 radical (unpaired) electrons. The van der Waals surface area contributed by atoms with Gasteiger partial charge in [-0.15, -0.1) is 0 Å². The average molecular weight is 523 g/mol. The van der Waals surface area contributed by atoms with Crippen LogP contribution in [0.25, 0.3) is 0 Å². The first-order valence-corrected chi connectivity index (χ1v) is 12.0. The fourth-order valence-corrected chi connectivity index (χ4v) is 5.16. The van der Waals surface area contributed by atoms with Crippen molar-refractivity contribution in [3.63, 3.8) is 0 Å². The van der Waals surface area contributed by atoms with Crippen LogP contribution in [0.15, 0.2) is 42.5 Å². The summed E-state index contributed by atoms with van der Waals surface area (Å²) in [6, 6.07) is 10.2. The predicted octanol–water partition coefficient (Wildman–Crippen LogP) is 3.83. The van der Waals surface area contributed by atoms with Gasteiger partial charge in [-0.25, -0.2) is 4.39 Å². The highest BCUT2D eigenvalue weighted by Crippen LogP contribution is 2.47. The Kier molecular flexibility index (Phi) is 7.35. The molecular weight excluding hydrogens is 498 g/mol. The van der Waals surface area contributed by atoms with E-state index in [1.807, 2.05) is 0 Å². The van der Waals surface area contributed by atoms with E-state index in [9.17, 15) is 23.9 Å². The number of nitrogens with one attached hydrogen (secondary N) is 2. The van der Waals surface area contributed by atoms with Crippen LogP contribution < -0.4 is 15.4 Å². The van der Waals surface area contributed by atoms with Gasteiger partial charge in [0.2, 0.25) is 5.91 Å². The van der Waals surface area contributed by atoms with E-state index in [1.54, 1.807) is 24.3 Å². The summed E-state index contributed by atoms with van der Waals surface area (Å²) < 4.78 is 18.9. The number of aliphatic hydroxyl groups excluding tert-OH is 1. The van der Waals surface area contributed by atoms with Gasteiger partial charge in [-0.05, 0) is 68.5 Å². The molecule has 3 fully saturated rings. The van der Waals surface area contributed by atoms with E-state index in [1.165, 1.54) is 12.1 Å². The molecule has 2 amide bonds. The minimum atomic E-state index is -0.880. The molecule has 0 heterocycles. The van der Waals surface area contributed by atoms with Gasteiger partial charge in [-0.3, -0.25) is 14.4 Å². The van der Waals surface area contributed by atoms with Crippen LogP contribution in [0.5, 0.6) is 5.75 Å². The number of carbonyl (C=O) groups excluding carboxylic acids is 3. The molecule has 3 N–H and O–H groups in total. The van der Waals surface area contributed by atoms with Crippen molar-refractivity contribution >= 4 is 40.8 Å². The third kappa shape index (κ3) is 5.77. The zero-order chi connectivity index (χ0) is 25.2. The monoisotopic (exact) mass is 522 g/mol. The van der Waals surface area contributed by atoms with E-state index in [2.05, 4.69) is 10.6 Å². The molecule has 3 aliphatic rings. The first-order valence-electron chi connectivity index (χ1n) is 11.3. The number of aliphatic hydroxyl groups is 1. The van der Waals surface area contributed by atoms with E-state index in [0.717, 1.165) is 6.07 Å². The lowest BCUT2D eigenvalue weighted by molar-refractivity contribution is -0.136. The summed E-state index contributed by atoms with van der Waals surface area (Å²) in [6.45, 7) is -0.343. The second-order valence-corrected chi connectivity index (χ2v) is 10.1. The lowest BCUT2D eigenvalue weighted by Gasteiger charge is -2.56. The molecule has 186 valence electrons. The van der Waals surface area contributed by atoms with Gasteiger partial charge in [0.1, 0.15) is 11.6 Å². The molecular formula is C25H25Cl2FN2O5. The SMILES string of the molecule is O=C(CC(=O)c1ccc(Cl)cc1)NC12CCC(NC(=O)COc3ccc(Cl)c(F)c3)(CC1)C(O)C2. The third-order valence-corrected chi connectivity index (χ3v) is 7.42. The molecule has 0 aliphatic heterocycles. The highest BCUT2D eigenvalue weighted by atomic mass is 35.5. The van der Waals surface area contributed by atoms with Crippen molar-refractivity contribution in [3.05, 3.63) is 63.9 Å². The quantitative estimate of drug-likeness (QED) is 0.361. The molecule has 0 spiro atoms. The van der Waals surface area contributed by atoms with Gasteiger partial charge in [0.05, 0.1) is 23.1 Å². The summed E-state index contributed by atoms with van der Waals surface area (Å²) in [6.07, 6.45) is 1.10. The number of Topliss-reactive ketones (excluding diaryl/α,β-unsaturated/α-hetero) is 1. The molecule has 2 aromatic carbocycles. The van der Waals surface area contributed by atoms with Gasteiger partial charge >= 0.3 is 0 Å². The van der Waals surface area contributed by atoms with Crippen molar-refractivity contribution in [2.45, 2.75) is 55.7 Å². The van der Waals surface area contributed by atoms with Crippen LogP contribution in [0.3, 0.4) is 0 Å². The van der Waals surface area contributed by atoms with Gasteiger partial charge in [0, 0.05) is 22.2 Å². The van der Waals surface area contributed by atoms with Crippen molar-refractivity contribution in [1.82, 2.24) is 10.6 Å². The number of benzene rings is 2. The maximum atomic E-state index is 13.5. The standard InChI is InChI=1S/C25H25Cl2FN2O5/c26-16-3-1-15(2-4-16)20(31)12-22(33)29-24-7-9-25(10-8-24,21(32)13-24)30-23(34)14-35-17-5-6-18(27)19(28)11-17/h1-6,11,21,32H,7-10,12-14H2,(H,29,33)(H,30,34). The minimum Gasteiger partial charge on any atom is -0.484 e. The van der Waals surface area contributed by atoms with Crippen LogP contribution in [0.4, 0.5) is 4.39 Å².